The van der Waals surface area contributed by atoms with Crippen molar-refractivity contribution in [2.45, 2.75) is 45.6 Å². The van der Waals surface area contributed by atoms with Crippen LogP contribution < -0.4 is 10.7 Å². The number of benzene rings is 1. The molecule has 2 aromatic rings. The Balaban J connectivity index is 0.00000225. The van der Waals surface area contributed by atoms with Gasteiger partial charge in [-0.3, -0.25) is 5.41 Å². The quantitative estimate of drug-likeness (QED) is 0.305. The summed E-state index contributed by atoms with van der Waals surface area (Å²) in [7, 11) is 0. The van der Waals surface area contributed by atoms with Crippen molar-refractivity contribution >= 4 is 38.3 Å². The summed E-state index contributed by atoms with van der Waals surface area (Å²) in [6.45, 7) is 11.3. The van der Waals surface area contributed by atoms with Crippen LogP contribution in [0.5, 0.6) is 0 Å². The van der Waals surface area contributed by atoms with Gasteiger partial charge in [0.05, 0.1) is 5.04 Å². The zero-order valence-corrected chi connectivity index (χ0v) is 17.7. The van der Waals surface area contributed by atoms with Gasteiger partial charge in [0.25, 0.3) is 0 Å². The van der Waals surface area contributed by atoms with E-state index in [1.54, 1.807) is 6.92 Å². The molecule has 0 atom stereocenters. The molecule has 0 bridgehead atoms. The number of hydrazine groups is 1. The van der Waals surface area contributed by atoms with E-state index in [1.165, 1.54) is 24.6 Å². The number of hydrogen-bond acceptors (Lipinski definition) is 6. The van der Waals surface area contributed by atoms with Gasteiger partial charge in [0.15, 0.2) is 0 Å². The first-order chi connectivity index (χ1) is 13.5. The molecule has 28 heavy (non-hydrogen) atoms. The molecule has 1 fully saturated rings. The third-order valence-electron chi connectivity index (χ3n) is 5.05. The predicted molar refractivity (Wildman–Crippen MR) is 127 cm³/mol. The van der Waals surface area contributed by atoms with Gasteiger partial charge in [0.2, 0.25) is 0 Å². The fourth-order valence-electron chi connectivity index (χ4n) is 3.46. The van der Waals surface area contributed by atoms with Crippen molar-refractivity contribution in [1.82, 2.24) is 15.3 Å². The Morgan fingerprint density at radius 1 is 1.32 bits per heavy atom. The standard InChI is InChI=1S/C22H31N5S.2H2/c1-4-5-10-24-21-8-11-27(12-9-21)26-22-14-20-13-18(16(2)28-17(3)23)6-7-19(20)15-25-22;;/h6-7,13-15,21,23-24H,2,4-5,8-12H2,1,3H3,(H,25,26);2*1H. The first-order valence-corrected chi connectivity index (χ1v) is 10.9. The minimum Gasteiger partial charge on any atom is -0.314 e. The van der Waals surface area contributed by atoms with Crippen molar-refractivity contribution in [2.24, 2.45) is 0 Å². The van der Waals surface area contributed by atoms with Gasteiger partial charge < -0.3 is 10.7 Å². The minimum absolute atomic E-state index is 0. The van der Waals surface area contributed by atoms with Crippen LogP contribution in [0.25, 0.3) is 15.7 Å². The van der Waals surface area contributed by atoms with Crippen LogP contribution in [-0.4, -0.2) is 40.7 Å². The van der Waals surface area contributed by atoms with Gasteiger partial charge in [-0.15, -0.1) is 0 Å². The number of piperidine rings is 1. The van der Waals surface area contributed by atoms with Crippen LogP contribution in [0.1, 0.15) is 47.9 Å². The molecule has 0 unspecified atom stereocenters. The molecule has 3 rings (SSSR count). The number of hydrogen-bond donors (Lipinski definition) is 3. The monoisotopic (exact) mass is 401 g/mol. The van der Waals surface area contributed by atoms with Crippen molar-refractivity contribution < 1.29 is 2.85 Å². The lowest BCUT2D eigenvalue weighted by atomic mass is 10.1. The summed E-state index contributed by atoms with van der Waals surface area (Å²) in [5, 5.41) is 16.4. The maximum absolute atomic E-state index is 7.65. The van der Waals surface area contributed by atoms with Gasteiger partial charge in [-0.05, 0) is 55.8 Å². The lowest BCUT2D eigenvalue weighted by molar-refractivity contribution is 0.231. The van der Waals surface area contributed by atoms with E-state index in [-0.39, 0.29) is 2.85 Å². The molecule has 154 valence electrons. The highest BCUT2D eigenvalue weighted by molar-refractivity contribution is 8.21. The SMILES string of the molecule is C=C(SC(C)=N)c1ccc2cnc(NN3CCC(NCCCC)CC3)cc2c1.[HH].[HH]. The first kappa shape index (κ1) is 20.8. The maximum atomic E-state index is 7.65. The number of aromatic nitrogens is 1. The van der Waals surface area contributed by atoms with Crippen LogP contribution in [0.15, 0.2) is 37.0 Å². The number of pyridine rings is 1. The molecule has 3 N–H and O–H groups in total. The Labute approximate surface area is 175 Å². The number of thioether (sulfide) groups is 1. The minimum atomic E-state index is 0. The number of unbranched alkanes of at least 4 members (excludes halogenated alkanes) is 1. The molecule has 1 saturated heterocycles. The predicted octanol–water partition coefficient (Wildman–Crippen LogP) is 5.61. The molecule has 0 aliphatic carbocycles. The molecule has 1 aromatic heterocycles. The Morgan fingerprint density at radius 3 is 2.82 bits per heavy atom. The molecule has 2 heterocycles. The molecule has 0 saturated carbocycles. The highest BCUT2D eigenvalue weighted by Gasteiger charge is 2.18. The van der Waals surface area contributed by atoms with E-state index in [0.29, 0.717) is 11.1 Å². The van der Waals surface area contributed by atoms with E-state index in [0.717, 1.165) is 59.5 Å². The molecular formula is C22H35N5S. The molecule has 1 aromatic carbocycles. The van der Waals surface area contributed by atoms with Crippen LogP contribution in [0.2, 0.25) is 0 Å². The van der Waals surface area contributed by atoms with Crippen LogP contribution in [0.3, 0.4) is 0 Å². The summed E-state index contributed by atoms with van der Waals surface area (Å²) in [5.74, 6) is 0.878. The molecule has 0 spiro atoms. The summed E-state index contributed by atoms with van der Waals surface area (Å²) in [5.41, 5.74) is 4.53. The summed E-state index contributed by atoms with van der Waals surface area (Å²) in [6, 6.07) is 8.98. The zero-order chi connectivity index (χ0) is 19.9. The highest BCUT2D eigenvalue weighted by Crippen LogP contribution is 2.29. The Morgan fingerprint density at radius 2 is 2.11 bits per heavy atom. The van der Waals surface area contributed by atoms with E-state index >= 15 is 0 Å². The van der Waals surface area contributed by atoms with Crippen molar-refractivity contribution in [2.75, 3.05) is 25.1 Å². The Kier molecular flexibility index (Phi) is 7.48. The smallest absolute Gasteiger partial charge is 0.140 e. The summed E-state index contributed by atoms with van der Waals surface area (Å²) in [4.78, 5) is 5.47. The van der Waals surface area contributed by atoms with Crippen LogP contribution in [-0.2, 0) is 0 Å². The topological polar surface area (TPSA) is 64.0 Å². The summed E-state index contributed by atoms with van der Waals surface area (Å²) in [6.07, 6.45) is 6.74. The normalized spacial score (nSPS) is 15.6. The Hall–Kier alpha value is -1.89. The van der Waals surface area contributed by atoms with E-state index in [2.05, 4.69) is 52.4 Å². The fraction of sp³-hybridized carbons (Fsp3) is 0.455. The lowest BCUT2D eigenvalue weighted by Crippen LogP contribution is -2.45. The molecular weight excluding hydrogens is 366 g/mol. The van der Waals surface area contributed by atoms with E-state index in [9.17, 15) is 0 Å². The highest BCUT2D eigenvalue weighted by atomic mass is 32.2. The van der Waals surface area contributed by atoms with Gasteiger partial charge in [-0.25, -0.2) is 9.99 Å². The molecule has 1 aliphatic heterocycles. The molecule has 0 amide bonds. The maximum Gasteiger partial charge on any atom is 0.140 e. The third-order valence-corrected chi connectivity index (χ3v) is 5.84. The fourth-order valence-corrected chi connectivity index (χ4v) is 4.07. The van der Waals surface area contributed by atoms with Crippen LogP contribution >= 0.6 is 11.8 Å². The number of nitrogens with one attached hydrogen (secondary N) is 3. The summed E-state index contributed by atoms with van der Waals surface area (Å²) < 4.78 is 0. The van der Waals surface area contributed by atoms with Crippen LogP contribution in [0.4, 0.5) is 5.82 Å². The average molecular weight is 402 g/mol. The number of nitrogens with zero attached hydrogens (tertiary/aromatic N) is 2. The lowest BCUT2D eigenvalue weighted by Gasteiger charge is -2.32. The third kappa shape index (κ3) is 5.80. The van der Waals surface area contributed by atoms with Crippen molar-refractivity contribution in [3.63, 3.8) is 0 Å². The second-order valence-corrected chi connectivity index (χ2v) is 8.70. The second kappa shape index (κ2) is 10.0. The van der Waals surface area contributed by atoms with E-state index in [1.807, 2.05) is 12.3 Å². The Bertz CT molecular complexity index is 837. The number of fused-ring (bicyclic) bond motifs is 1. The van der Waals surface area contributed by atoms with Crippen molar-refractivity contribution in [3.05, 3.63) is 42.6 Å². The van der Waals surface area contributed by atoms with Gasteiger partial charge in [0, 0.05) is 38.5 Å². The average Bonchev–Trinajstić information content (AvgIpc) is 2.68. The second-order valence-electron chi connectivity index (χ2n) is 7.39. The molecule has 6 heteroatoms. The van der Waals surface area contributed by atoms with Crippen molar-refractivity contribution in [3.8, 4) is 0 Å². The summed E-state index contributed by atoms with van der Waals surface area (Å²) >= 11 is 1.40. The van der Waals surface area contributed by atoms with Crippen molar-refractivity contribution in [1.29, 1.82) is 5.41 Å². The molecule has 0 radical (unpaired) electrons. The van der Waals surface area contributed by atoms with E-state index in [4.69, 9.17) is 5.41 Å². The van der Waals surface area contributed by atoms with Gasteiger partial charge in [0.1, 0.15) is 5.82 Å². The molecule has 5 nitrogen and oxygen atoms in total. The van der Waals surface area contributed by atoms with Gasteiger partial charge in [-0.2, -0.15) is 0 Å². The number of anilines is 1. The largest absolute Gasteiger partial charge is 0.314 e. The van der Waals surface area contributed by atoms with E-state index < -0.39 is 0 Å². The zero-order valence-electron chi connectivity index (χ0n) is 16.9. The molecule has 1 aliphatic rings. The first-order valence-electron chi connectivity index (χ1n) is 10.1. The van der Waals surface area contributed by atoms with Crippen LogP contribution in [0, 0.1) is 5.41 Å². The van der Waals surface area contributed by atoms with Gasteiger partial charge >= 0.3 is 0 Å². The van der Waals surface area contributed by atoms with Gasteiger partial charge in [-0.1, -0.05) is 43.8 Å². The number of rotatable bonds is 8.